The maximum atomic E-state index is 11.5. The summed E-state index contributed by atoms with van der Waals surface area (Å²) < 4.78 is 4.51. The van der Waals surface area contributed by atoms with Crippen LogP contribution in [0.2, 0.25) is 0 Å². The summed E-state index contributed by atoms with van der Waals surface area (Å²) in [6, 6.07) is 3.77. The van der Waals surface area contributed by atoms with Gasteiger partial charge in [-0.15, -0.1) is 0 Å². The van der Waals surface area contributed by atoms with Crippen LogP contribution in [0.1, 0.15) is 0 Å². The lowest BCUT2D eigenvalue weighted by atomic mass is 10.5. The van der Waals surface area contributed by atoms with Gasteiger partial charge in [0.1, 0.15) is 5.52 Å². The Labute approximate surface area is 82.8 Å². The molecule has 62 valence electrons. The number of aromatic nitrogens is 2. The molecule has 0 amide bonds. The van der Waals surface area contributed by atoms with Crippen LogP contribution in [0.25, 0.3) is 5.52 Å². The van der Waals surface area contributed by atoms with Gasteiger partial charge in [-0.25, -0.2) is 0 Å². The summed E-state index contributed by atoms with van der Waals surface area (Å²) in [5.74, 6) is 0. The van der Waals surface area contributed by atoms with E-state index in [1.165, 1.54) is 0 Å². The molecular formula is C8H7IN2O. The third-order valence-corrected chi connectivity index (χ3v) is 2.73. The Bertz CT molecular complexity index is 483. The van der Waals surface area contributed by atoms with E-state index in [2.05, 4.69) is 22.6 Å². The fourth-order valence-corrected chi connectivity index (χ4v) is 1.76. The Balaban J connectivity index is 3.03. The van der Waals surface area contributed by atoms with Gasteiger partial charge in [-0.1, -0.05) is 0 Å². The molecule has 0 N–H and O–H groups in total. The molecule has 0 saturated carbocycles. The molecule has 0 unspecified atom stereocenters. The summed E-state index contributed by atoms with van der Waals surface area (Å²) in [5.41, 5.74) is 0.768. The fraction of sp³-hybridized carbons (Fsp3) is 0.125. The molecule has 0 aliphatic rings. The van der Waals surface area contributed by atoms with Crippen molar-refractivity contribution in [1.82, 2.24) is 8.97 Å². The van der Waals surface area contributed by atoms with Gasteiger partial charge in [-0.2, -0.15) is 0 Å². The lowest BCUT2D eigenvalue weighted by Crippen LogP contribution is -2.17. The van der Waals surface area contributed by atoms with E-state index in [0.29, 0.717) is 0 Å². The van der Waals surface area contributed by atoms with E-state index < -0.39 is 0 Å². The minimum absolute atomic E-state index is 0.0421. The molecule has 2 aromatic rings. The predicted molar refractivity (Wildman–Crippen MR) is 55.4 cm³/mol. The van der Waals surface area contributed by atoms with Gasteiger partial charge in [-0.05, 0) is 34.7 Å². The molecule has 12 heavy (non-hydrogen) atoms. The van der Waals surface area contributed by atoms with E-state index >= 15 is 0 Å². The van der Waals surface area contributed by atoms with Crippen molar-refractivity contribution >= 4 is 28.1 Å². The monoisotopic (exact) mass is 274 g/mol. The van der Waals surface area contributed by atoms with Crippen LogP contribution in [0, 0.1) is 3.70 Å². The van der Waals surface area contributed by atoms with Gasteiger partial charge in [0.05, 0.1) is 3.70 Å². The van der Waals surface area contributed by atoms with Crippen LogP contribution >= 0.6 is 22.6 Å². The van der Waals surface area contributed by atoms with Crippen molar-refractivity contribution in [2.45, 2.75) is 0 Å². The van der Waals surface area contributed by atoms with E-state index in [9.17, 15) is 4.79 Å². The van der Waals surface area contributed by atoms with E-state index in [0.717, 1.165) is 9.22 Å². The normalized spacial score (nSPS) is 10.8. The number of rotatable bonds is 0. The van der Waals surface area contributed by atoms with Gasteiger partial charge in [0.2, 0.25) is 0 Å². The lowest BCUT2D eigenvalue weighted by Gasteiger charge is -1.98. The second kappa shape index (κ2) is 2.62. The van der Waals surface area contributed by atoms with E-state index in [1.807, 2.05) is 22.7 Å². The maximum absolute atomic E-state index is 11.5. The second-order valence-electron chi connectivity index (χ2n) is 2.63. The SMILES string of the molecule is Cn1ccn2c(I)ccc2c1=O. The van der Waals surface area contributed by atoms with E-state index in [4.69, 9.17) is 0 Å². The minimum atomic E-state index is 0.0421. The van der Waals surface area contributed by atoms with Crippen LogP contribution in [0.15, 0.2) is 29.3 Å². The molecular weight excluding hydrogens is 267 g/mol. The largest absolute Gasteiger partial charge is 0.315 e. The number of hydrogen-bond donors (Lipinski definition) is 0. The highest BCUT2D eigenvalue weighted by Gasteiger charge is 2.01. The molecule has 0 aliphatic carbocycles. The average molecular weight is 274 g/mol. The number of halogens is 1. The first kappa shape index (κ1) is 7.85. The molecule has 0 atom stereocenters. The fourth-order valence-electron chi connectivity index (χ4n) is 1.16. The quantitative estimate of drug-likeness (QED) is 0.664. The van der Waals surface area contributed by atoms with Crippen molar-refractivity contribution in [3.63, 3.8) is 0 Å². The summed E-state index contributed by atoms with van der Waals surface area (Å²) in [4.78, 5) is 11.5. The first-order valence-corrected chi connectivity index (χ1v) is 4.60. The molecule has 0 saturated heterocycles. The third-order valence-electron chi connectivity index (χ3n) is 1.85. The first-order chi connectivity index (χ1) is 5.70. The number of nitrogens with zero attached hydrogens (tertiary/aromatic N) is 2. The van der Waals surface area contributed by atoms with Crippen LogP contribution in [0.4, 0.5) is 0 Å². The van der Waals surface area contributed by atoms with Crippen LogP contribution in [-0.4, -0.2) is 8.97 Å². The molecule has 2 aromatic heterocycles. The number of aryl methyl sites for hydroxylation is 1. The van der Waals surface area contributed by atoms with Crippen molar-refractivity contribution < 1.29 is 0 Å². The predicted octanol–water partition coefficient (Wildman–Crippen LogP) is 1.24. The summed E-state index contributed by atoms with van der Waals surface area (Å²) in [5, 5.41) is 0. The van der Waals surface area contributed by atoms with Gasteiger partial charge in [-0.3, -0.25) is 4.79 Å². The Morgan fingerprint density at radius 3 is 2.83 bits per heavy atom. The molecule has 0 aliphatic heterocycles. The van der Waals surface area contributed by atoms with Crippen molar-refractivity contribution in [3.05, 3.63) is 38.6 Å². The van der Waals surface area contributed by atoms with Crippen molar-refractivity contribution in [2.24, 2.45) is 7.05 Å². The van der Waals surface area contributed by atoms with E-state index in [1.54, 1.807) is 17.8 Å². The zero-order chi connectivity index (χ0) is 8.72. The smallest absolute Gasteiger partial charge is 0.274 e. The number of fused-ring (bicyclic) bond motifs is 1. The zero-order valence-corrected chi connectivity index (χ0v) is 8.65. The van der Waals surface area contributed by atoms with E-state index in [-0.39, 0.29) is 5.56 Å². The molecule has 4 heteroatoms. The van der Waals surface area contributed by atoms with Gasteiger partial charge < -0.3 is 8.97 Å². The third kappa shape index (κ3) is 0.979. The van der Waals surface area contributed by atoms with Gasteiger partial charge in [0, 0.05) is 19.4 Å². The molecule has 2 rings (SSSR count). The minimum Gasteiger partial charge on any atom is -0.315 e. The Hall–Kier alpha value is -0.780. The molecule has 0 fully saturated rings. The highest BCUT2D eigenvalue weighted by atomic mass is 127. The van der Waals surface area contributed by atoms with Gasteiger partial charge >= 0.3 is 0 Å². The van der Waals surface area contributed by atoms with Crippen LogP contribution in [0.3, 0.4) is 0 Å². The summed E-state index contributed by atoms with van der Waals surface area (Å²) in [6.45, 7) is 0. The van der Waals surface area contributed by atoms with Crippen LogP contribution in [-0.2, 0) is 7.05 Å². The topological polar surface area (TPSA) is 26.4 Å². The van der Waals surface area contributed by atoms with Crippen molar-refractivity contribution in [1.29, 1.82) is 0 Å². The highest BCUT2D eigenvalue weighted by Crippen LogP contribution is 2.07. The molecule has 0 radical (unpaired) electrons. The van der Waals surface area contributed by atoms with Crippen LogP contribution in [0.5, 0.6) is 0 Å². The summed E-state index contributed by atoms with van der Waals surface area (Å²) >= 11 is 2.20. The zero-order valence-electron chi connectivity index (χ0n) is 6.49. The van der Waals surface area contributed by atoms with Gasteiger partial charge in [0.25, 0.3) is 5.56 Å². The summed E-state index contributed by atoms with van der Waals surface area (Å²) in [7, 11) is 1.75. The van der Waals surface area contributed by atoms with Crippen molar-refractivity contribution in [2.75, 3.05) is 0 Å². The standard InChI is InChI=1S/C8H7IN2O/c1-10-4-5-11-6(8(10)12)2-3-7(11)9/h2-5H,1H3. The second-order valence-corrected chi connectivity index (χ2v) is 3.73. The van der Waals surface area contributed by atoms with Crippen molar-refractivity contribution in [3.8, 4) is 0 Å². The van der Waals surface area contributed by atoms with Crippen LogP contribution < -0.4 is 5.56 Å². The lowest BCUT2D eigenvalue weighted by molar-refractivity contribution is 0.844. The Kier molecular flexibility index (Phi) is 1.71. The average Bonchev–Trinajstić information content (AvgIpc) is 2.41. The highest BCUT2D eigenvalue weighted by molar-refractivity contribution is 14.1. The number of hydrogen-bond acceptors (Lipinski definition) is 1. The Morgan fingerprint density at radius 2 is 2.08 bits per heavy atom. The molecule has 0 bridgehead atoms. The molecule has 2 heterocycles. The van der Waals surface area contributed by atoms with Gasteiger partial charge in [0.15, 0.2) is 0 Å². The Morgan fingerprint density at radius 1 is 1.33 bits per heavy atom. The first-order valence-electron chi connectivity index (χ1n) is 3.52. The molecule has 3 nitrogen and oxygen atoms in total. The molecule has 0 spiro atoms. The maximum Gasteiger partial charge on any atom is 0.274 e. The summed E-state index contributed by atoms with van der Waals surface area (Å²) in [6.07, 6.45) is 3.65. The molecule has 0 aromatic carbocycles.